The van der Waals surface area contributed by atoms with E-state index in [2.05, 4.69) is 25.8 Å². The summed E-state index contributed by atoms with van der Waals surface area (Å²) in [6.45, 7) is 6.33. The summed E-state index contributed by atoms with van der Waals surface area (Å²) in [6.07, 6.45) is 0. The van der Waals surface area contributed by atoms with Crippen molar-refractivity contribution in [2.45, 2.75) is 20.8 Å². The maximum Gasteiger partial charge on any atom is 0.256 e. The molecule has 2 N–H and O–H groups in total. The van der Waals surface area contributed by atoms with Crippen LogP contribution < -0.4 is 15.5 Å². The largest absolute Gasteiger partial charge is 0.368 e. The van der Waals surface area contributed by atoms with Crippen molar-refractivity contribution < 1.29 is 9.32 Å². The number of hydrogen-bond donors (Lipinski definition) is 2. The van der Waals surface area contributed by atoms with Crippen LogP contribution in [0.1, 0.15) is 27.6 Å². The number of aryl methyl sites for hydroxylation is 3. The number of anilines is 2. The summed E-state index contributed by atoms with van der Waals surface area (Å²) in [4.78, 5) is 22.7. The minimum atomic E-state index is -0.184. The SMILES string of the molecule is Cc1nc(NCCNC(=O)c2c(C)noc2C)cc(N(C)C)n1. The van der Waals surface area contributed by atoms with Gasteiger partial charge in [0.1, 0.15) is 28.8 Å². The highest BCUT2D eigenvalue weighted by molar-refractivity contribution is 5.96. The zero-order valence-electron chi connectivity index (χ0n) is 14.1. The Kier molecular flexibility index (Phi) is 5.15. The molecule has 8 heteroatoms. The molecule has 0 unspecified atom stereocenters. The van der Waals surface area contributed by atoms with Gasteiger partial charge >= 0.3 is 0 Å². The highest BCUT2D eigenvalue weighted by Crippen LogP contribution is 2.13. The second-order valence-electron chi connectivity index (χ2n) is 5.43. The third-order valence-electron chi connectivity index (χ3n) is 3.26. The summed E-state index contributed by atoms with van der Waals surface area (Å²) in [6, 6.07) is 1.86. The van der Waals surface area contributed by atoms with Gasteiger partial charge in [-0.25, -0.2) is 9.97 Å². The smallest absolute Gasteiger partial charge is 0.256 e. The number of amides is 1. The zero-order chi connectivity index (χ0) is 17.0. The van der Waals surface area contributed by atoms with Crippen LogP contribution in [-0.2, 0) is 0 Å². The first-order valence-electron chi connectivity index (χ1n) is 7.36. The van der Waals surface area contributed by atoms with Crippen molar-refractivity contribution in [1.29, 1.82) is 0 Å². The van der Waals surface area contributed by atoms with Gasteiger partial charge in [0.2, 0.25) is 0 Å². The number of aromatic nitrogens is 3. The first-order valence-corrected chi connectivity index (χ1v) is 7.36. The van der Waals surface area contributed by atoms with Gasteiger partial charge in [0.05, 0.1) is 5.69 Å². The Morgan fingerprint density at radius 3 is 2.57 bits per heavy atom. The molecule has 2 rings (SSSR count). The van der Waals surface area contributed by atoms with E-state index in [9.17, 15) is 4.79 Å². The van der Waals surface area contributed by atoms with E-state index >= 15 is 0 Å². The molecule has 0 fully saturated rings. The van der Waals surface area contributed by atoms with Crippen LogP contribution in [0.4, 0.5) is 11.6 Å². The van der Waals surface area contributed by atoms with E-state index in [4.69, 9.17) is 4.52 Å². The van der Waals surface area contributed by atoms with Gasteiger partial charge < -0.3 is 20.1 Å². The van der Waals surface area contributed by atoms with Crippen LogP contribution in [0.25, 0.3) is 0 Å². The second kappa shape index (κ2) is 7.08. The fraction of sp³-hybridized carbons (Fsp3) is 0.467. The van der Waals surface area contributed by atoms with Crippen molar-refractivity contribution >= 4 is 17.5 Å². The molecule has 0 saturated heterocycles. The monoisotopic (exact) mass is 318 g/mol. The van der Waals surface area contributed by atoms with Gasteiger partial charge in [-0.1, -0.05) is 5.16 Å². The summed E-state index contributed by atoms with van der Waals surface area (Å²) in [5.74, 6) is 2.59. The van der Waals surface area contributed by atoms with E-state index in [0.717, 1.165) is 11.6 Å². The van der Waals surface area contributed by atoms with E-state index in [-0.39, 0.29) is 5.91 Å². The Hall–Kier alpha value is -2.64. The fourth-order valence-corrected chi connectivity index (χ4v) is 2.13. The van der Waals surface area contributed by atoms with Crippen molar-refractivity contribution in [3.05, 3.63) is 28.9 Å². The minimum absolute atomic E-state index is 0.184. The maximum absolute atomic E-state index is 12.1. The normalized spacial score (nSPS) is 10.5. The first kappa shape index (κ1) is 16.7. The van der Waals surface area contributed by atoms with Gasteiger partial charge in [-0.2, -0.15) is 0 Å². The molecular formula is C15H22N6O2. The molecule has 0 aliphatic rings. The first-order chi connectivity index (χ1) is 10.9. The predicted octanol–water partition coefficient (Wildman–Crippen LogP) is 1.30. The number of nitrogens with one attached hydrogen (secondary N) is 2. The predicted molar refractivity (Wildman–Crippen MR) is 87.9 cm³/mol. The van der Waals surface area contributed by atoms with Crippen LogP contribution in [0.2, 0.25) is 0 Å². The molecule has 0 saturated carbocycles. The molecular weight excluding hydrogens is 296 g/mol. The van der Waals surface area contributed by atoms with Crippen molar-refractivity contribution in [3.63, 3.8) is 0 Å². The topological polar surface area (TPSA) is 96.2 Å². The Morgan fingerprint density at radius 1 is 1.22 bits per heavy atom. The number of rotatable bonds is 6. The molecule has 0 aliphatic carbocycles. The lowest BCUT2D eigenvalue weighted by molar-refractivity contribution is 0.0953. The van der Waals surface area contributed by atoms with Crippen molar-refractivity contribution in [2.24, 2.45) is 0 Å². The number of carbonyl (C=O) groups excluding carboxylic acids is 1. The van der Waals surface area contributed by atoms with Gasteiger partial charge in [-0.3, -0.25) is 4.79 Å². The van der Waals surface area contributed by atoms with Gasteiger partial charge in [0, 0.05) is 33.3 Å². The Labute approximate surface area is 135 Å². The number of carbonyl (C=O) groups is 1. The van der Waals surface area contributed by atoms with Crippen LogP contribution in [0.5, 0.6) is 0 Å². The van der Waals surface area contributed by atoms with Gasteiger partial charge in [-0.15, -0.1) is 0 Å². The van der Waals surface area contributed by atoms with Crippen molar-refractivity contribution in [1.82, 2.24) is 20.4 Å². The highest BCUT2D eigenvalue weighted by atomic mass is 16.5. The summed E-state index contributed by atoms with van der Waals surface area (Å²) in [5.41, 5.74) is 1.09. The zero-order valence-corrected chi connectivity index (χ0v) is 14.1. The van der Waals surface area contributed by atoms with Crippen LogP contribution >= 0.6 is 0 Å². The van der Waals surface area contributed by atoms with Crippen LogP contribution in [0, 0.1) is 20.8 Å². The molecule has 2 heterocycles. The van der Waals surface area contributed by atoms with Gasteiger partial charge in [0.15, 0.2) is 0 Å². The van der Waals surface area contributed by atoms with E-state index in [1.54, 1.807) is 13.8 Å². The molecule has 0 bridgehead atoms. The summed E-state index contributed by atoms with van der Waals surface area (Å²) in [7, 11) is 3.85. The van der Waals surface area contributed by atoms with Gasteiger partial charge in [0.25, 0.3) is 5.91 Å². The number of hydrogen-bond acceptors (Lipinski definition) is 7. The molecule has 0 radical (unpaired) electrons. The fourth-order valence-electron chi connectivity index (χ4n) is 2.13. The lowest BCUT2D eigenvalue weighted by Crippen LogP contribution is -2.29. The summed E-state index contributed by atoms with van der Waals surface area (Å²) >= 11 is 0. The van der Waals surface area contributed by atoms with E-state index < -0.39 is 0 Å². The van der Waals surface area contributed by atoms with Crippen molar-refractivity contribution in [2.75, 3.05) is 37.4 Å². The molecule has 0 aliphatic heterocycles. The standard InChI is InChI=1S/C15H22N6O2/c1-9-14(10(2)23-20-9)15(22)17-7-6-16-12-8-13(21(4)5)19-11(3)18-12/h8H,6-7H2,1-5H3,(H,17,22)(H,16,18,19). The average Bonchev–Trinajstić information content (AvgIpc) is 2.82. The third-order valence-corrected chi connectivity index (χ3v) is 3.26. The Morgan fingerprint density at radius 2 is 1.96 bits per heavy atom. The van der Waals surface area contributed by atoms with Crippen LogP contribution in [-0.4, -0.2) is 48.2 Å². The highest BCUT2D eigenvalue weighted by Gasteiger charge is 2.16. The number of nitrogens with zero attached hydrogens (tertiary/aromatic N) is 4. The van der Waals surface area contributed by atoms with Crippen LogP contribution in [0.15, 0.2) is 10.6 Å². The van der Waals surface area contributed by atoms with Crippen LogP contribution in [0.3, 0.4) is 0 Å². The second-order valence-corrected chi connectivity index (χ2v) is 5.43. The summed E-state index contributed by atoms with van der Waals surface area (Å²) < 4.78 is 4.99. The molecule has 8 nitrogen and oxygen atoms in total. The molecule has 2 aromatic rings. The Bertz CT molecular complexity index is 676. The minimum Gasteiger partial charge on any atom is -0.368 e. The third kappa shape index (κ3) is 4.18. The molecule has 23 heavy (non-hydrogen) atoms. The van der Waals surface area contributed by atoms with E-state index in [1.165, 1.54) is 0 Å². The van der Waals surface area contributed by atoms with Crippen molar-refractivity contribution in [3.8, 4) is 0 Å². The molecule has 0 atom stereocenters. The molecule has 1 amide bonds. The lowest BCUT2D eigenvalue weighted by atomic mass is 10.2. The Balaban J connectivity index is 1.87. The van der Waals surface area contributed by atoms with Gasteiger partial charge in [-0.05, 0) is 20.8 Å². The molecule has 0 spiro atoms. The quantitative estimate of drug-likeness (QED) is 0.775. The summed E-state index contributed by atoms with van der Waals surface area (Å²) in [5, 5.41) is 9.79. The molecule has 0 aromatic carbocycles. The molecule has 2 aromatic heterocycles. The lowest BCUT2D eigenvalue weighted by Gasteiger charge is -2.14. The molecule has 124 valence electrons. The van der Waals surface area contributed by atoms with E-state index in [0.29, 0.717) is 35.9 Å². The average molecular weight is 318 g/mol. The maximum atomic E-state index is 12.1. The van der Waals surface area contributed by atoms with E-state index in [1.807, 2.05) is 32.0 Å².